The summed E-state index contributed by atoms with van der Waals surface area (Å²) in [7, 11) is 0. The van der Waals surface area contributed by atoms with Gasteiger partial charge >= 0.3 is 0 Å². The number of rotatable bonds is 4. The molecule has 0 fully saturated rings. The van der Waals surface area contributed by atoms with Gasteiger partial charge in [-0.05, 0) is 23.8 Å². The Morgan fingerprint density at radius 3 is 2.52 bits per heavy atom. The van der Waals surface area contributed by atoms with Crippen LogP contribution in [0.15, 0.2) is 67.3 Å². The van der Waals surface area contributed by atoms with Crippen molar-refractivity contribution in [2.45, 2.75) is 0 Å². The molecule has 3 nitrogen and oxygen atoms in total. The molecule has 0 N–H and O–H groups in total. The van der Waals surface area contributed by atoms with Crippen LogP contribution >= 0.6 is 23.2 Å². The van der Waals surface area contributed by atoms with Crippen molar-refractivity contribution in [2.24, 2.45) is 0 Å². The predicted molar refractivity (Wildman–Crippen MR) is 93.6 cm³/mol. The van der Waals surface area contributed by atoms with Crippen LogP contribution in [0.25, 0.3) is 11.8 Å². The summed E-state index contributed by atoms with van der Waals surface area (Å²) in [6, 6.07) is 14.2. The minimum Gasteiger partial charge on any atom is -0.303 e. The van der Waals surface area contributed by atoms with Crippen LogP contribution in [0.1, 0.15) is 15.9 Å². The van der Waals surface area contributed by atoms with Crippen LogP contribution in [0.4, 0.5) is 0 Å². The van der Waals surface area contributed by atoms with Crippen molar-refractivity contribution in [2.75, 3.05) is 0 Å². The molecule has 0 unspecified atom stereocenters. The van der Waals surface area contributed by atoms with Crippen LogP contribution in [0.5, 0.6) is 0 Å². The van der Waals surface area contributed by atoms with Crippen molar-refractivity contribution in [1.82, 2.24) is 9.55 Å². The summed E-state index contributed by atoms with van der Waals surface area (Å²) in [5.41, 5.74) is 1.76. The zero-order valence-corrected chi connectivity index (χ0v) is 13.5. The highest BCUT2D eigenvalue weighted by Gasteiger charge is 2.14. The van der Waals surface area contributed by atoms with Crippen molar-refractivity contribution in [3.63, 3.8) is 0 Å². The van der Waals surface area contributed by atoms with Gasteiger partial charge in [0.25, 0.3) is 0 Å². The minimum absolute atomic E-state index is 0.116. The van der Waals surface area contributed by atoms with Crippen molar-refractivity contribution in [1.29, 1.82) is 0 Å². The Labute approximate surface area is 143 Å². The van der Waals surface area contributed by atoms with E-state index in [-0.39, 0.29) is 5.78 Å². The molecule has 0 aliphatic carbocycles. The molecule has 0 atom stereocenters. The Morgan fingerprint density at radius 1 is 1.09 bits per heavy atom. The number of imidazole rings is 1. The van der Waals surface area contributed by atoms with E-state index in [1.54, 1.807) is 59.7 Å². The lowest BCUT2D eigenvalue weighted by Gasteiger charge is -2.09. The maximum Gasteiger partial charge on any atom is 0.209 e. The fourth-order valence-corrected chi connectivity index (χ4v) is 2.63. The molecule has 114 valence electrons. The first kappa shape index (κ1) is 15.5. The molecule has 23 heavy (non-hydrogen) atoms. The highest BCUT2D eigenvalue weighted by Crippen LogP contribution is 2.25. The SMILES string of the molecule is O=C(C(=Cc1ccc(Cl)cc1Cl)n1ccnc1)c1ccccc1. The summed E-state index contributed by atoms with van der Waals surface area (Å²) in [5, 5.41) is 1.03. The number of allylic oxidation sites excluding steroid dienone is 1. The summed E-state index contributed by atoms with van der Waals surface area (Å²) in [4.78, 5) is 16.9. The first-order valence-corrected chi connectivity index (χ1v) is 7.65. The Bertz CT molecular complexity index is 856. The highest BCUT2D eigenvalue weighted by atomic mass is 35.5. The number of nitrogens with zero attached hydrogens (tertiary/aromatic N) is 2. The molecule has 0 bridgehead atoms. The topological polar surface area (TPSA) is 34.9 Å². The van der Waals surface area contributed by atoms with Gasteiger partial charge in [0.05, 0.1) is 12.0 Å². The summed E-state index contributed by atoms with van der Waals surface area (Å²) in [6.07, 6.45) is 6.65. The number of ketones is 1. The van der Waals surface area contributed by atoms with Crippen molar-refractivity contribution < 1.29 is 4.79 Å². The van der Waals surface area contributed by atoms with Gasteiger partial charge in [-0.2, -0.15) is 0 Å². The zero-order chi connectivity index (χ0) is 16.2. The standard InChI is InChI=1S/C18H12Cl2N2O/c19-15-7-6-14(16(20)11-15)10-17(22-9-8-21-12-22)18(23)13-4-2-1-3-5-13/h1-12H. The van der Waals surface area contributed by atoms with E-state index in [1.807, 2.05) is 18.2 Å². The number of carbonyl (C=O) groups excluding carboxylic acids is 1. The van der Waals surface area contributed by atoms with Gasteiger partial charge in [0.1, 0.15) is 0 Å². The minimum atomic E-state index is -0.116. The summed E-state index contributed by atoms with van der Waals surface area (Å²) < 4.78 is 1.67. The molecule has 2 aromatic carbocycles. The van der Waals surface area contributed by atoms with Gasteiger partial charge in [0, 0.05) is 28.0 Å². The highest BCUT2D eigenvalue weighted by molar-refractivity contribution is 6.36. The first-order chi connectivity index (χ1) is 11.1. The number of benzene rings is 2. The Morgan fingerprint density at radius 2 is 1.87 bits per heavy atom. The lowest BCUT2D eigenvalue weighted by atomic mass is 10.1. The molecular formula is C18H12Cl2N2O. The van der Waals surface area contributed by atoms with Gasteiger partial charge in [-0.15, -0.1) is 0 Å². The second-order valence-electron chi connectivity index (χ2n) is 4.86. The van der Waals surface area contributed by atoms with Crippen LogP contribution in [0.2, 0.25) is 10.0 Å². The average Bonchev–Trinajstić information content (AvgIpc) is 3.08. The fourth-order valence-electron chi connectivity index (χ4n) is 2.16. The number of aromatic nitrogens is 2. The molecule has 3 aromatic rings. The first-order valence-electron chi connectivity index (χ1n) is 6.90. The van der Waals surface area contributed by atoms with Crippen LogP contribution in [0, 0.1) is 0 Å². The third kappa shape index (κ3) is 3.52. The third-order valence-corrected chi connectivity index (χ3v) is 3.87. The Hall–Kier alpha value is -2.36. The molecule has 0 radical (unpaired) electrons. The number of halogens is 2. The van der Waals surface area contributed by atoms with E-state index in [0.29, 0.717) is 26.9 Å². The van der Waals surface area contributed by atoms with Crippen molar-refractivity contribution in [3.8, 4) is 0 Å². The maximum absolute atomic E-state index is 12.8. The molecule has 1 heterocycles. The molecule has 5 heteroatoms. The lowest BCUT2D eigenvalue weighted by molar-refractivity contribution is 0.105. The van der Waals surface area contributed by atoms with E-state index in [2.05, 4.69) is 4.98 Å². The van der Waals surface area contributed by atoms with Crippen LogP contribution < -0.4 is 0 Å². The molecule has 0 amide bonds. The molecule has 0 saturated heterocycles. The largest absolute Gasteiger partial charge is 0.303 e. The van der Waals surface area contributed by atoms with Gasteiger partial charge < -0.3 is 4.57 Å². The number of carbonyl (C=O) groups is 1. The van der Waals surface area contributed by atoms with E-state index in [4.69, 9.17) is 23.2 Å². The molecule has 1 aromatic heterocycles. The molecule has 0 spiro atoms. The number of Topliss-reactive ketones (excluding diaryl/α,β-unsaturated/α-hetero) is 1. The second-order valence-corrected chi connectivity index (χ2v) is 5.70. The van der Waals surface area contributed by atoms with Gasteiger partial charge in [0.15, 0.2) is 0 Å². The maximum atomic E-state index is 12.8. The van der Waals surface area contributed by atoms with E-state index in [9.17, 15) is 4.79 Å². The van der Waals surface area contributed by atoms with Gasteiger partial charge in [-0.25, -0.2) is 4.98 Å². The number of hydrogen-bond acceptors (Lipinski definition) is 2. The van der Waals surface area contributed by atoms with Crippen molar-refractivity contribution in [3.05, 3.63) is 88.4 Å². The van der Waals surface area contributed by atoms with E-state index >= 15 is 0 Å². The lowest BCUT2D eigenvalue weighted by Crippen LogP contribution is -2.08. The van der Waals surface area contributed by atoms with Crippen LogP contribution in [-0.2, 0) is 0 Å². The molecular weight excluding hydrogens is 331 g/mol. The second kappa shape index (κ2) is 6.82. The quantitative estimate of drug-likeness (QED) is 0.490. The van der Waals surface area contributed by atoms with E-state index < -0.39 is 0 Å². The summed E-state index contributed by atoms with van der Waals surface area (Å²) >= 11 is 12.1. The zero-order valence-electron chi connectivity index (χ0n) is 12.0. The van der Waals surface area contributed by atoms with Gasteiger partial charge in [-0.3, -0.25) is 4.79 Å². The Balaban J connectivity index is 2.10. The normalized spacial score (nSPS) is 11.5. The molecule has 3 rings (SSSR count). The van der Waals surface area contributed by atoms with Crippen molar-refractivity contribution >= 4 is 40.8 Å². The predicted octanol–water partition coefficient (Wildman–Crippen LogP) is 5.07. The van der Waals surface area contributed by atoms with E-state index in [1.165, 1.54) is 0 Å². The summed E-state index contributed by atoms with van der Waals surface area (Å²) in [6.45, 7) is 0. The van der Waals surface area contributed by atoms with Gasteiger partial charge in [-0.1, -0.05) is 59.6 Å². The monoisotopic (exact) mass is 342 g/mol. The molecule has 0 saturated carbocycles. The van der Waals surface area contributed by atoms with Crippen LogP contribution in [0.3, 0.4) is 0 Å². The average molecular weight is 343 g/mol. The van der Waals surface area contributed by atoms with Crippen LogP contribution in [-0.4, -0.2) is 15.3 Å². The van der Waals surface area contributed by atoms with Gasteiger partial charge in [0.2, 0.25) is 5.78 Å². The molecule has 0 aliphatic rings. The third-order valence-electron chi connectivity index (χ3n) is 3.31. The molecule has 0 aliphatic heterocycles. The summed E-state index contributed by atoms with van der Waals surface area (Å²) in [5.74, 6) is -0.116. The Kier molecular flexibility index (Phi) is 4.60. The fraction of sp³-hybridized carbons (Fsp3) is 0. The smallest absolute Gasteiger partial charge is 0.209 e. The number of hydrogen-bond donors (Lipinski definition) is 0. The van der Waals surface area contributed by atoms with E-state index in [0.717, 1.165) is 0 Å².